The van der Waals surface area contributed by atoms with Crippen molar-refractivity contribution in [2.24, 2.45) is 5.92 Å². The molecule has 0 saturated carbocycles. The molecule has 0 aliphatic rings. The molecule has 0 aliphatic carbocycles. The summed E-state index contributed by atoms with van der Waals surface area (Å²) in [6, 6.07) is 3.92. The first-order valence-corrected chi connectivity index (χ1v) is 5.74. The van der Waals surface area contributed by atoms with Crippen molar-refractivity contribution in [2.45, 2.75) is 13.8 Å². The highest BCUT2D eigenvalue weighted by Gasteiger charge is 2.06. The maximum absolute atomic E-state index is 12.7. The highest BCUT2D eigenvalue weighted by Crippen LogP contribution is 2.24. The maximum atomic E-state index is 12.7. The van der Waals surface area contributed by atoms with Gasteiger partial charge in [-0.15, -0.1) is 0 Å². The van der Waals surface area contributed by atoms with Crippen molar-refractivity contribution in [1.82, 2.24) is 5.32 Å². The molecule has 0 aliphatic heterocycles. The Hall–Kier alpha value is -1.29. The van der Waals surface area contributed by atoms with Crippen molar-refractivity contribution in [3.8, 4) is 5.75 Å². The van der Waals surface area contributed by atoms with Crippen LogP contribution >= 0.6 is 11.6 Å². The number of rotatable bonds is 5. The van der Waals surface area contributed by atoms with E-state index in [-0.39, 0.29) is 16.8 Å². The second-order valence-corrected chi connectivity index (χ2v) is 4.28. The summed E-state index contributed by atoms with van der Waals surface area (Å²) in [5.41, 5.74) is 0. The molecule has 0 spiro atoms. The van der Waals surface area contributed by atoms with Gasteiger partial charge in [-0.3, -0.25) is 4.79 Å². The number of nitrogens with one attached hydrogen (secondary N) is 1. The molecule has 0 fully saturated rings. The Morgan fingerprint density at radius 2 is 2.24 bits per heavy atom. The third-order valence-corrected chi connectivity index (χ3v) is 2.37. The number of hydrogen-bond donors (Lipinski definition) is 1. The Balaban J connectivity index is 2.34. The molecule has 1 rings (SSSR count). The Morgan fingerprint density at radius 1 is 1.53 bits per heavy atom. The number of carbonyl (C=O) groups excluding carboxylic acids is 1. The molecule has 0 bridgehead atoms. The van der Waals surface area contributed by atoms with Gasteiger partial charge in [0.2, 0.25) is 5.91 Å². The third-order valence-electron chi connectivity index (χ3n) is 2.08. The van der Waals surface area contributed by atoms with Gasteiger partial charge >= 0.3 is 0 Å². The van der Waals surface area contributed by atoms with Crippen molar-refractivity contribution in [2.75, 3.05) is 13.2 Å². The van der Waals surface area contributed by atoms with Gasteiger partial charge in [-0.2, -0.15) is 0 Å². The second-order valence-electron chi connectivity index (χ2n) is 3.87. The van der Waals surface area contributed by atoms with Crippen LogP contribution in [0.5, 0.6) is 5.75 Å². The minimum Gasteiger partial charge on any atom is -0.490 e. The summed E-state index contributed by atoms with van der Waals surface area (Å²) < 4.78 is 18.0. The lowest BCUT2D eigenvalue weighted by atomic mass is 10.2. The number of hydrogen-bond acceptors (Lipinski definition) is 2. The lowest BCUT2D eigenvalue weighted by Crippen LogP contribution is -2.31. The minimum atomic E-state index is -0.407. The van der Waals surface area contributed by atoms with Gasteiger partial charge < -0.3 is 10.1 Å². The normalized spacial score (nSPS) is 10.4. The van der Waals surface area contributed by atoms with Gasteiger partial charge in [0.15, 0.2) is 0 Å². The minimum absolute atomic E-state index is 0.0289. The highest BCUT2D eigenvalue weighted by atomic mass is 35.5. The van der Waals surface area contributed by atoms with E-state index in [4.69, 9.17) is 16.3 Å². The smallest absolute Gasteiger partial charge is 0.222 e. The van der Waals surface area contributed by atoms with E-state index < -0.39 is 5.82 Å². The van der Waals surface area contributed by atoms with E-state index in [9.17, 15) is 9.18 Å². The Kier molecular flexibility index (Phi) is 5.22. The fourth-order valence-corrected chi connectivity index (χ4v) is 1.35. The van der Waals surface area contributed by atoms with Crippen LogP contribution in [0.2, 0.25) is 5.02 Å². The SMILES string of the molecule is CC(C)C(=O)NCCOc1ccc(F)cc1Cl. The van der Waals surface area contributed by atoms with Crippen molar-refractivity contribution < 1.29 is 13.9 Å². The van der Waals surface area contributed by atoms with Gasteiger partial charge in [-0.1, -0.05) is 25.4 Å². The quantitative estimate of drug-likeness (QED) is 0.826. The molecule has 3 nitrogen and oxygen atoms in total. The largest absolute Gasteiger partial charge is 0.490 e. The number of halogens is 2. The molecule has 17 heavy (non-hydrogen) atoms. The lowest BCUT2D eigenvalue weighted by molar-refractivity contribution is -0.124. The van der Waals surface area contributed by atoms with Crippen molar-refractivity contribution in [1.29, 1.82) is 0 Å². The fraction of sp³-hybridized carbons (Fsp3) is 0.417. The van der Waals surface area contributed by atoms with E-state index in [0.29, 0.717) is 18.9 Å². The van der Waals surface area contributed by atoms with Gasteiger partial charge in [-0.05, 0) is 18.2 Å². The maximum Gasteiger partial charge on any atom is 0.222 e. The molecular formula is C12H15ClFNO2. The summed E-state index contributed by atoms with van der Waals surface area (Å²) in [4.78, 5) is 11.2. The predicted octanol–water partition coefficient (Wildman–Crippen LogP) is 2.63. The average Bonchev–Trinajstić information content (AvgIpc) is 2.26. The molecule has 0 heterocycles. The van der Waals surface area contributed by atoms with Crippen LogP contribution in [0.1, 0.15) is 13.8 Å². The second kappa shape index (κ2) is 6.45. The molecule has 0 atom stereocenters. The summed E-state index contributed by atoms with van der Waals surface area (Å²) in [6.45, 7) is 4.31. The van der Waals surface area contributed by atoms with E-state index >= 15 is 0 Å². The van der Waals surface area contributed by atoms with E-state index in [1.54, 1.807) is 0 Å². The van der Waals surface area contributed by atoms with Crippen LogP contribution in [-0.2, 0) is 4.79 Å². The van der Waals surface area contributed by atoms with Crippen molar-refractivity contribution in [3.63, 3.8) is 0 Å². The standard InChI is InChI=1S/C12H15ClFNO2/c1-8(2)12(16)15-5-6-17-11-4-3-9(14)7-10(11)13/h3-4,7-8H,5-6H2,1-2H3,(H,15,16). The van der Waals surface area contributed by atoms with Crippen molar-refractivity contribution >= 4 is 17.5 Å². The third kappa shape index (κ3) is 4.61. The first-order chi connectivity index (χ1) is 8.00. The van der Waals surface area contributed by atoms with Crippen LogP contribution in [-0.4, -0.2) is 19.1 Å². The summed E-state index contributed by atoms with van der Waals surface area (Å²) in [5.74, 6) is -0.0782. The van der Waals surface area contributed by atoms with Gasteiger partial charge in [0.1, 0.15) is 18.2 Å². The Morgan fingerprint density at radius 3 is 2.82 bits per heavy atom. The molecule has 0 radical (unpaired) electrons. The number of amides is 1. The van der Waals surface area contributed by atoms with E-state index in [0.717, 1.165) is 0 Å². The average molecular weight is 260 g/mol. The topological polar surface area (TPSA) is 38.3 Å². The zero-order valence-electron chi connectivity index (χ0n) is 9.80. The van der Waals surface area contributed by atoms with E-state index in [1.165, 1.54) is 18.2 Å². The summed E-state index contributed by atoms with van der Waals surface area (Å²) in [7, 11) is 0. The van der Waals surface area contributed by atoms with Crippen LogP contribution in [0.3, 0.4) is 0 Å². The molecule has 94 valence electrons. The van der Waals surface area contributed by atoms with E-state index in [1.807, 2.05) is 13.8 Å². The fourth-order valence-electron chi connectivity index (χ4n) is 1.13. The lowest BCUT2D eigenvalue weighted by Gasteiger charge is -2.10. The van der Waals surface area contributed by atoms with Crippen molar-refractivity contribution in [3.05, 3.63) is 29.0 Å². The monoisotopic (exact) mass is 259 g/mol. The summed E-state index contributed by atoms with van der Waals surface area (Å²) in [5, 5.41) is 2.92. The van der Waals surface area contributed by atoms with Gasteiger partial charge in [0.25, 0.3) is 0 Å². The molecule has 1 aromatic rings. The molecule has 5 heteroatoms. The first-order valence-electron chi connectivity index (χ1n) is 5.36. The molecule has 0 saturated heterocycles. The van der Waals surface area contributed by atoms with Gasteiger partial charge in [0.05, 0.1) is 11.6 Å². The number of carbonyl (C=O) groups is 1. The molecule has 1 N–H and O–H groups in total. The van der Waals surface area contributed by atoms with Gasteiger partial charge in [0, 0.05) is 5.92 Å². The molecule has 0 unspecified atom stereocenters. The Labute approximate surface area is 105 Å². The summed E-state index contributed by atoms with van der Waals surface area (Å²) >= 11 is 5.77. The zero-order chi connectivity index (χ0) is 12.8. The highest BCUT2D eigenvalue weighted by molar-refractivity contribution is 6.32. The van der Waals surface area contributed by atoms with Crippen LogP contribution < -0.4 is 10.1 Å². The van der Waals surface area contributed by atoms with Crippen LogP contribution in [0.15, 0.2) is 18.2 Å². The first kappa shape index (κ1) is 13.8. The predicted molar refractivity (Wildman–Crippen MR) is 64.8 cm³/mol. The van der Waals surface area contributed by atoms with Crippen LogP contribution in [0.4, 0.5) is 4.39 Å². The zero-order valence-corrected chi connectivity index (χ0v) is 10.6. The molecular weight excluding hydrogens is 245 g/mol. The Bertz CT molecular complexity index is 396. The van der Waals surface area contributed by atoms with Gasteiger partial charge in [-0.25, -0.2) is 4.39 Å². The number of ether oxygens (including phenoxy) is 1. The molecule has 0 aromatic heterocycles. The molecule has 1 aromatic carbocycles. The van der Waals surface area contributed by atoms with Crippen LogP contribution in [0.25, 0.3) is 0 Å². The summed E-state index contributed by atoms with van der Waals surface area (Å²) in [6.07, 6.45) is 0. The number of benzene rings is 1. The van der Waals surface area contributed by atoms with E-state index in [2.05, 4.69) is 5.32 Å². The van der Waals surface area contributed by atoms with Crippen LogP contribution in [0, 0.1) is 11.7 Å². The molecule has 1 amide bonds.